The third-order valence-corrected chi connectivity index (χ3v) is 12.8. The zero-order valence-electron chi connectivity index (χ0n) is 30.6. The number of benzene rings is 2. The molecule has 284 valence electrons. The number of hydrogen-bond acceptors (Lipinski definition) is 13. The first-order valence-electron chi connectivity index (χ1n) is 18.4. The van der Waals surface area contributed by atoms with E-state index in [-0.39, 0.29) is 67.2 Å². The Labute approximate surface area is 320 Å². The first kappa shape index (κ1) is 39.0. The number of methoxy groups -OCH3 is 1. The molecule has 2 aromatic rings. The molecule has 0 spiro atoms. The van der Waals surface area contributed by atoms with Gasteiger partial charge in [0.25, 0.3) is 0 Å². The second-order valence-corrected chi connectivity index (χ2v) is 16.9. The van der Waals surface area contributed by atoms with Crippen molar-refractivity contribution in [2.24, 2.45) is 28.5 Å². The average molecular weight is 763 g/mol. The van der Waals surface area contributed by atoms with Crippen molar-refractivity contribution in [3.63, 3.8) is 0 Å². The number of ketones is 1. The summed E-state index contributed by atoms with van der Waals surface area (Å²) in [7, 11) is 4.99. The number of nitrogens with two attached hydrogens (primary N) is 1. The molecule has 11 nitrogen and oxygen atoms in total. The van der Waals surface area contributed by atoms with Gasteiger partial charge in [-0.1, -0.05) is 71.2 Å². The molecule has 7 rings (SSSR count). The third kappa shape index (κ3) is 9.51. The lowest BCUT2D eigenvalue weighted by molar-refractivity contribution is -0.121. The van der Waals surface area contributed by atoms with Gasteiger partial charge in [-0.05, 0) is 48.8 Å². The first-order chi connectivity index (χ1) is 25.6. The van der Waals surface area contributed by atoms with Crippen LogP contribution < -0.4 is 30.6 Å². The Morgan fingerprint density at radius 1 is 1.04 bits per heavy atom. The summed E-state index contributed by atoms with van der Waals surface area (Å²) in [6.45, 7) is 5.06. The van der Waals surface area contributed by atoms with Gasteiger partial charge in [0.15, 0.2) is 29.0 Å². The number of carbonyl (C=O) groups is 1. The zero-order chi connectivity index (χ0) is 37.5. The number of aliphatic imine (C=N–C) groups is 1. The molecule has 0 saturated carbocycles. The molecule has 6 atom stereocenters. The van der Waals surface area contributed by atoms with Crippen LogP contribution in [0.2, 0.25) is 0 Å². The summed E-state index contributed by atoms with van der Waals surface area (Å²) in [6.07, 6.45) is 0.816. The number of aliphatic hydroxyl groups excluding tert-OH is 2. The predicted molar refractivity (Wildman–Crippen MR) is 209 cm³/mol. The minimum atomic E-state index is -1.17. The maximum Gasteiger partial charge on any atom is 0.201 e. The van der Waals surface area contributed by atoms with Gasteiger partial charge in [0, 0.05) is 66.7 Å². The van der Waals surface area contributed by atoms with Crippen molar-refractivity contribution in [1.29, 1.82) is 0 Å². The molecule has 0 fully saturated rings. The number of Topliss-reactive ketones (excluding diaryl/α,β-unsaturated/α-hetero) is 1. The number of carbonyl (C=O) groups excluding carboxylic acids is 1. The van der Waals surface area contributed by atoms with E-state index in [0.29, 0.717) is 73.3 Å². The summed E-state index contributed by atoms with van der Waals surface area (Å²) in [4.78, 5) is 17.9. The lowest BCUT2D eigenvalue weighted by Gasteiger charge is -2.39. The Balaban J connectivity index is 1.44. The summed E-state index contributed by atoms with van der Waals surface area (Å²) in [6, 6.07) is 5.04. The van der Waals surface area contributed by atoms with Crippen molar-refractivity contribution >= 4 is 33.3 Å². The summed E-state index contributed by atoms with van der Waals surface area (Å²) in [5.74, 6) is 16.0. The van der Waals surface area contributed by atoms with Gasteiger partial charge in [-0.15, -0.1) is 0 Å². The van der Waals surface area contributed by atoms with Gasteiger partial charge in [0.1, 0.15) is 12.5 Å². The van der Waals surface area contributed by atoms with E-state index in [0.717, 1.165) is 28.0 Å². The fraction of sp³-hybridized carbons (Fsp3) is 0.550. The van der Waals surface area contributed by atoms with Crippen molar-refractivity contribution in [3.05, 3.63) is 46.0 Å². The number of aromatic hydroxyl groups is 1. The van der Waals surface area contributed by atoms with E-state index >= 15 is 0 Å². The van der Waals surface area contributed by atoms with E-state index in [1.807, 2.05) is 0 Å². The summed E-state index contributed by atoms with van der Waals surface area (Å²) in [5, 5.41) is 40.2. The highest BCUT2D eigenvalue weighted by Crippen LogP contribution is 2.46. The first-order valence-corrected chi connectivity index (χ1v) is 20.9. The highest BCUT2D eigenvalue weighted by Gasteiger charge is 2.41. The fourth-order valence-electron chi connectivity index (χ4n) is 7.26. The molecule has 0 unspecified atom stereocenters. The molecule has 0 aromatic heterocycles. The number of guanidine groups is 1. The molecule has 2 aromatic carbocycles. The van der Waals surface area contributed by atoms with Gasteiger partial charge in [-0.2, -0.15) is 0 Å². The van der Waals surface area contributed by atoms with Crippen LogP contribution in [-0.4, -0.2) is 83.4 Å². The fourth-order valence-corrected chi connectivity index (χ4v) is 10.1. The molecule has 4 aliphatic heterocycles. The predicted octanol–water partition coefficient (Wildman–Crippen LogP) is 3.71. The normalized spacial score (nSPS) is 26.8. The molecule has 0 radical (unpaired) electrons. The summed E-state index contributed by atoms with van der Waals surface area (Å²) < 4.78 is 18.4. The van der Waals surface area contributed by atoms with Gasteiger partial charge in [0.2, 0.25) is 6.29 Å². The maximum atomic E-state index is 13.0. The minimum Gasteiger partial charge on any atom is -0.504 e. The van der Waals surface area contributed by atoms with Crippen LogP contribution in [0.1, 0.15) is 67.3 Å². The second-order valence-electron chi connectivity index (χ2n) is 14.3. The molecule has 0 saturated heterocycles. The number of nitrogens with one attached hydrogen (secondary N) is 2. The Morgan fingerprint density at radius 2 is 1.87 bits per heavy atom. The van der Waals surface area contributed by atoms with Gasteiger partial charge < -0.3 is 40.6 Å². The number of phenols is 1. The average Bonchev–Trinajstić information content (AvgIpc) is 3.12. The number of rotatable bonds is 2. The smallest absolute Gasteiger partial charge is 0.201 e. The van der Waals surface area contributed by atoms with Gasteiger partial charge in [-0.3, -0.25) is 10.1 Å². The molecule has 1 aliphatic carbocycles. The minimum absolute atomic E-state index is 0.0274. The zero-order valence-corrected chi connectivity index (χ0v) is 32.2. The number of hydrogen-bond donors (Lipinski definition) is 6. The molecule has 0 amide bonds. The van der Waals surface area contributed by atoms with E-state index in [2.05, 4.69) is 54.2 Å². The number of phenolic OH excluding ortho intramolecular Hbond substituents is 1. The lowest BCUT2D eigenvalue weighted by Crippen LogP contribution is -2.51. The van der Waals surface area contributed by atoms with Crippen molar-refractivity contribution in [2.75, 3.05) is 31.9 Å². The topological polar surface area (TPSA) is 168 Å². The van der Waals surface area contributed by atoms with Crippen molar-refractivity contribution in [2.45, 2.75) is 89.7 Å². The molecule has 53 heavy (non-hydrogen) atoms. The van der Waals surface area contributed by atoms with E-state index in [1.165, 1.54) is 7.11 Å². The Bertz CT molecular complexity index is 1810. The van der Waals surface area contributed by atoms with Crippen LogP contribution in [0.3, 0.4) is 0 Å². The van der Waals surface area contributed by atoms with Crippen LogP contribution in [0.15, 0.2) is 23.2 Å². The van der Waals surface area contributed by atoms with Crippen molar-refractivity contribution < 1.29 is 34.3 Å². The van der Waals surface area contributed by atoms with Crippen molar-refractivity contribution in [1.82, 2.24) is 10.6 Å². The second kappa shape index (κ2) is 18.1. The quantitative estimate of drug-likeness (QED) is 0.194. The van der Waals surface area contributed by atoms with Crippen LogP contribution in [0.5, 0.6) is 23.0 Å². The van der Waals surface area contributed by atoms with Crippen LogP contribution in [0.25, 0.3) is 0 Å². The SMILES string of the molecule is COc1c(O)ccc2c1C#CCc1cc(c3c4c1OCNCCC#C[C@H]1NC(N)=N[C@H](C(C)C)CSSC[C@H]1[C@@H](C3)[C@@H](O)O4)CC[C@@H](O)CC(=O)CC2. The largest absolute Gasteiger partial charge is 0.504 e. The monoisotopic (exact) mass is 762 g/mol. The van der Waals surface area contributed by atoms with Gasteiger partial charge in [0.05, 0.1) is 30.9 Å². The third-order valence-electron chi connectivity index (χ3n) is 10.3. The molecular weight excluding hydrogens is 713 g/mol. The number of nitrogens with zero attached hydrogens (tertiary/aromatic N) is 1. The standard InChI is InChI=1S/C40H50N4O7S2/c1-23(2)34-21-53-52-20-32-31-19-30-25-11-14-28(46)18-27(45)13-10-24-12-15-35(47)37(49-3)29(24)8-6-7-26(17-25)36(38(30)51-39(31)48)50-22-42-16-5-4-9-33(32)43-40(41)44-34/h12,15,17,23,28,31-34,39,42,46-48H,5,7,10-11,13-14,16,18-22H2,1-3H3,(H3,41,43,44)/t28-,31-,32+,33-,34+,39+/m1/s1. The highest BCUT2D eigenvalue weighted by molar-refractivity contribution is 8.76. The number of ether oxygens (including phenoxy) is 3. The van der Waals surface area contributed by atoms with E-state index in [9.17, 15) is 20.1 Å². The molecule has 7 N–H and O–H groups in total. The lowest BCUT2D eigenvalue weighted by atomic mass is 9.78. The van der Waals surface area contributed by atoms with E-state index in [1.54, 1.807) is 33.7 Å². The number of aryl methyl sites for hydroxylation is 2. The summed E-state index contributed by atoms with van der Waals surface area (Å²) >= 11 is 0. The van der Waals surface area contributed by atoms with Crippen molar-refractivity contribution in [3.8, 4) is 46.7 Å². The Kier molecular flexibility index (Phi) is 13.3. The van der Waals surface area contributed by atoms with Crippen LogP contribution in [0, 0.1) is 41.4 Å². The van der Waals surface area contributed by atoms with E-state index in [4.69, 9.17) is 24.9 Å². The Morgan fingerprint density at radius 3 is 2.68 bits per heavy atom. The van der Waals surface area contributed by atoms with Gasteiger partial charge >= 0.3 is 0 Å². The summed E-state index contributed by atoms with van der Waals surface area (Å²) in [5.41, 5.74) is 10.4. The molecule has 13 heteroatoms. The van der Waals surface area contributed by atoms with Crippen LogP contribution >= 0.6 is 21.6 Å². The molecule has 6 bridgehead atoms. The highest BCUT2D eigenvalue weighted by atomic mass is 33.1. The van der Waals surface area contributed by atoms with Crippen LogP contribution in [-0.2, 0) is 30.5 Å². The Hall–Kier alpha value is -3.72. The van der Waals surface area contributed by atoms with E-state index < -0.39 is 12.4 Å². The van der Waals surface area contributed by atoms with Crippen LogP contribution in [0.4, 0.5) is 0 Å². The maximum absolute atomic E-state index is 13.0. The van der Waals surface area contributed by atoms with Gasteiger partial charge in [-0.25, -0.2) is 4.99 Å². The molecule has 5 aliphatic rings. The molecular formula is C40H50N4O7S2. The molecule has 4 heterocycles. The number of aliphatic hydroxyl groups is 2. The number of fused-ring (bicyclic) bond motifs is 9.